The Morgan fingerprint density at radius 2 is 2.00 bits per heavy atom. The molecule has 0 spiro atoms. The van der Waals surface area contributed by atoms with Crippen molar-refractivity contribution in [3.63, 3.8) is 0 Å². The third-order valence-electron chi connectivity index (χ3n) is 2.22. The second-order valence-electron chi connectivity index (χ2n) is 3.63. The number of ether oxygens (including phenoxy) is 3. The van der Waals surface area contributed by atoms with E-state index in [1.165, 1.54) is 4.90 Å². The van der Waals surface area contributed by atoms with Gasteiger partial charge in [-0.1, -0.05) is 0 Å². The predicted molar refractivity (Wildman–Crippen MR) is 62.6 cm³/mol. The van der Waals surface area contributed by atoms with E-state index in [2.05, 4.69) is 4.74 Å². The van der Waals surface area contributed by atoms with Gasteiger partial charge in [0.2, 0.25) is 0 Å². The van der Waals surface area contributed by atoms with Gasteiger partial charge in [-0.3, -0.25) is 0 Å². The number of carbonyl (C=O) groups is 2. The van der Waals surface area contributed by atoms with Gasteiger partial charge in [0.25, 0.3) is 0 Å². The lowest BCUT2D eigenvalue weighted by Crippen LogP contribution is -2.41. The number of nitrogens with two attached hydrogens (primary N) is 1. The molecule has 0 aromatic heterocycles. The summed E-state index contributed by atoms with van der Waals surface area (Å²) >= 11 is 0. The number of esters is 1. The number of hydrogen-bond acceptors (Lipinski definition) is 6. The van der Waals surface area contributed by atoms with E-state index in [1.54, 1.807) is 6.92 Å². The quantitative estimate of drug-likeness (QED) is 0.557. The van der Waals surface area contributed by atoms with Gasteiger partial charge in [-0.2, -0.15) is 0 Å². The van der Waals surface area contributed by atoms with Crippen LogP contribution in [0.1, 0.15) is 6.92 Å². The van der Waals surface area contributed by atoms with E-state index in [0.29, 0.717) is 26.3 Å². The monoisotopic (exact) mass is 258 g/mol. The van der Waals surface area contributed by atoms with Crippen molar-refractivity contribution in [2.45, 2.75) is 6.92 Å². The molecule has 7 nitrogen and oxygen atoms in total. The van der Waals surface area contributed by atoms with Crippen LogP contribution in [0, 0.1) is 0 Å². The van der Waals surface area contributed by atoms with Crippen molar-refractivity contribution in [1.29, 1.82) is 0 Å². The molecule has 0 atom stereocenters. The van der Waals surface area contributed by atoms with E-state index < -0.39 is 12.1 Å². The van der Waals surface area contributed by atoms with Gasteiger partial charge < -0.3 is 24.8 Å². The molecular formula is C11H18N2O5. The van der Waals surface area contributed by atoms with Gasteiger partial charge in [-0.15, -0.1) is 0 Å². The second kappa shape index (κ2) is 7.54. The maximum Gasteiger partial charge on any atom is 0.410 e. The van der Waals surface area contributed by atoms with Crippen molar-refractivity contribution < 1.29 is 23.8 Å². The summed E-state index contributed by atoms with van der Waals surface area (Å²) in [5.74, 6) is -0.544. The van der Waals surface area contributed by atoms with Crippen molar-refractivity contribution in [1.82, 2.24) is 4.90 Å². The fourth-order valence-electron chi connectivity index (χ4n) is 1.36. The molecular weight excluding hydrogens is 240 g/mol. The Morgan fingerprint density at radius 1 is 1.33 bits per heavy atom. The van der Waals surface area contributed by atoms with Crippen LogP contribution in [0.25, 0.3) is 0 Å². The van der Waals surface area contributed by atoms with E-state index in [1.807, 2.05) is 0 Å². The molecule has 1 amide bonds. The highest BCUT2D eigenvalue weighted by Gasteiger charge is 2.18. The minimum Gasteiger partial charge on any atom is -0.463 e. The van der Waals surface area contributed by atoms with Crippen LogP contribution in [-0.2, 0) is 19.0 Å². The molecule has 0 radical (unpaired) electrons. The zero-order valence-corrected chi connectivity index (χ0v) is 10.4. The van der Waals surface area contributed by atoms with Crippen LogP contribution in [0.2, 0.25) is 0 Å². The zero-order chi connectivity index (χ0) is 13.4. The lowest BCUT2D eigenvalue weighted by molar-refractivity contribution is -0.137. The zero-order valence-electron chi connectivity index (χ0n) is 10.4. The normalized spacial score (nSPS) is 16.3. The Morgan fingerprint density at radius 3 is 2.61 bits per heavy atom. The van der Waals surface area contributed by atoms with Crippen molar-refractivity contribution in [3.05, 3.63) is 11.8 Å². The SMILES string of the molecule is CCOC(=O)/C=C(\N)COC(=O)N1CCOCC1. The summed E-state index contributed by atoms with van der Waals surface area (Å²) in [6, 6.07) is 0. The first-order valence-corrected chi connectivity index (χ1v) is 5.75. The van der Waals surface area contributed by atoms with Gasteiger partial charge in [-0.05, 0) is 6.92 Å². The number of amides is 1. The van der Waals surface area contributed by atoms with Gasteiger partial charge in [0.15, 0.2) is 0 Å². The van der Waals surface area contributed by atoms with Crippen LogP contribution in [0.15, 0.2) is 11.8 Å². The van der Waals surface area contributed by atoms with E-state index in [0.717, 1.165) is 6.08 Å². The summed E-state index contributed by atoms with van der Waals surface area (Å²) < 4.78 is 14.7. The van der Waals surface area contributed by atoms with Gasteiger partial charge in [0, 0.05) is 19.2 Å². The summed E-state index contributed by atoms with van der Waals surface area (Å²) in [4.78, 5) is 24.1. The molecule has 1 aliphatic rings. The Hall–Kier alpha value is -1.76. The van der Waals surface area contributed by atoms with E-state index in [4.69, 9.17) is 15.2 Å². The van der Waals surface area contributed by atoms with Crippen molar-refractivity contribution in [2.24, 2.45) is 5.73 Å². The molecule has 0 aromatic rings. The topological polar surface area (TPSA) is 91.1 Å². The third kappa shape index (κ3) is 5.05. The molecule has 0 unspecified atom stereocenters. The molecule has 1 fully saturated rings. The van der Waals surface area contributed by atoms with Crippen LogP contribution < -0.4 is 5.73 Å². The molecule has 1 rings (SSSR count). The molecule has 1 heterocycles. The average Bonchev–Trinajstić information content (AvgIpc) is 2.37. The molecule has 18 heavy (non-hydrogen) atoms. The summed E-state index contributed by atoms with van der Waals surface area (Å²) in [6.07, 6.45) is 0.648. The van der Waals surface area contributed by atoms with Crippen LogP contribution in [-0.4, -0.2) is 56.5 Å². The number of rotatable bonds is 4. The number of nitrogens with zero attached hydrogens (tertiary/aromatic N) is 1. The van der Waals surface area contributed by atoms with E-state index >= 15 is 0 Å². The standard InChI is InChI=1S/C11H18N2O5/c1-2-17-10(14)7-9(12)8-18-11(15)13-3-5-16-6-4-13/h7H,2-6,8,12H2,1H3/b9-7-. The van der Waals surface area contributed by atoms with Gasteiger partial charge in [-0.25, -0.2) is 9.59 Å². The molecule has 0 saturated carbocycles. The highest BCUT2D eigenvalue weighted by atomic mass is 16.6. The molecule has 102 valence electrons. The average molecular weight is 258 g/mol. The summed E-state index contributed by atoms with van der Waals surface area (Å²) in [6.45, 7) is 3.85. The molecule has 0 bridgehead atoms. The highest BCUT2D eigenvalue weighted by Crippen LogP contribution is 2.01. The summed E-state index contributed by atoms with van der Waals surface area (Å²) in [7, 11) is 0. The predicted octanol–water partition coefficient (Wildman–Crippen LogP) is -0.139. The summed E-state index contributed by atoms with van der Waals surface area (Å²) in [5.41, 5.74) is 5.67. The van der Waals surface area contributed by atoms with Gasteiger partial charge >= 0.3 is 12.1 Å². The maximum atomic E-state index is 11.6. The van der Waals surface area contributed by atoms with Gasteiger partial charge in [0.1, 0.15) is 6.61 Å². The molecule has 2 N–H and O–H groups in total. The fraction of sp³-hybridized carbons (Fsp3) is 0.636. The maximum absolute atomic E-state index is 11.6. The molecule has 7 heteroatoms. The molecule has 1 aliphatic heterocycles. The van der Waals surface area contributed by atoms with Crippen LogP contribution in [0.3, 0.4) is 0 Å². The Bertz CT molecular complexity index is 323. The minimum absolute atomic E-state index is 0.130. The first kappa shape index (κ1) is 14.3. The van der Waals surface area contributed by atoms with E-state index in [-0.39, 0.29) is 18.9 Å². The first-order valence-electron chi connectivity index (χ1n) is 5.75. The lowest BCUT2D eigenvalue weighted by atomic mass is 10.4. The van der Waals surface area contributed by atoms with Crippen LogP contribution in [0.5, 0.6) is 0 Å². The Labute approximate surface area is 105 Å². The third-order valence-corrected chi connectivity index (χ3v) is 2.22. The van der Waals surface area contributed by atoms with Crippen LogP contribution >= 0.6 is 0 Å². The minimum atomic E-state index is -0.544. The number of hydrogen-bond donors (Lipinski definition) is 1. The van der Waals surface area contributed by atoms with Crippen molar-refractivity contribution in [3.8, 4) is 0 Å². The largest absolute Gasteiger partial charge is 0.463 e. The Balaban J connectivity index is 2.30. The number of carbonyl (C=O) groups excluding carboxylic acids is 2. The first-order chi connectivity index (χ1) is 8.63. The number of morpholine rings is 1. The molecule has 1 saturated heterocycles. The Kier molecular flexibility index (Phi) is 5.99. The molecule has 0 aliphatic carbocycles. The smallest absolute Gasteiger partial charge is 0.410 e. The van der Waals surface area contributed by atoms with Gasteiger partial charge in [0.05, 0.1) is 25.5 Å². The highest BCUT2D eigenvalue weighted by molar-refractivity contribution is 5.82. The molecule has 0 aromatic carbocycles. The van der Waals surface area contributed by atoms with Crippen LogP contribution in [0.4, 0.5) is 4.79 Å². The fourth-order valence-corrected chi connectivity index (χ4v) is 1.36. The van der Waals surface area contributed by atoms with Crippen molar-refractivity contribution in [2.75, 3.05) is 39.5 Å². The van der Waals surface area contributed by atoms with Crippen molar-refractivity contribution >= 4 is 12.1 Å². The lowest BCUT2D eigenvalue weighted by Gasteiger charge is -2.25. The second-order valence-corrected chi connectivity index (χ2v) is 3.63. The summed E-state index contributed by atoms with van der Waals surface area (Å²) in [5, 5.41) is 0. The van der Waals surface area contributed by atoms with E-state index in [9.17, 15) is 9.59 Å².